The molecule has 0 spiro atoms. The summed E-state index contributed by atoms with van der Waals surface area (Å²) in [4.78, 5) is 12.8. The number of rotatable bonds is 1. The largest absolute Gasteiger partial charge is 0.506 e. The van der Waals surface area contributed by atoms with Gasteiger partial charge in [-0.3, -0.25) is 0 Å². The van der Waals surface area contributed by atoms with E-state index in [1.165, 1.54) is 6.07 Å². The van der Waals surface area contributed by atoms with Crippen LogP contribution < -0.4 is 9.47 Å². The zero-order chi connectivity index (χ0) is 19.3. The van der Waals surface area contributed by atoms with Gasteiger partial charge in [0.1, 0.15) is 17.1 Å². The van der Waals surface area contributed by atoms with Gasteiger partial charge in [0, 0.05) is 17.2 Å². The number of carbonyl (C=O) groups excluding carboxylic acids is 1. The predicted octanol–water partition coefficient (Wildman–Crippen LogP) is 6.37. The normalized spacial score (nSPS) is 13.5. The molecular formula is C20H18Cl2O4. The maximum atomic E-state index is 12.8. The predicted molar refractivity (Wildman–Crippen MR) is 103 cm³/mol. The van der Waals surface area contributed by atoms with E-state index in [1.54, 1.807) is 6.92 Å². The first-order chi connectivity index (χ1) is 12.2. The lowest BCUT2D eigenvalue weighted by Crippen LogP contribution is -2.10. The van der Waals surface area contributed by atoms with Gasteiger partial charge in [0.2, 0.25) is 0 Å². The molecule has 2 aromatic rings. The number of phenols is 1. The Morgan fingerprint density at radius 1 is 1.04 bits per heavy atom. The second kappa shape index (κ2) is 6.53. The number of benzene rings is 2. The number of phenolic OH excluding ortho intramolecular Hbond substituents is 1. The first-order valence-electron chi connectivity index (χ1n) is 8.07. The number of fused-ring (bicyclic) bond motifs is 2. The molecule has 3 rings (SSSR count). The van der Waals surface area contributed by atoms with Gasteiger partial charge in [-0.25, -0.2) is 4.79 Å². The summed E-state index contributed by atoms with van der Waals surface area (Å²) >= 11 is 12.7. The highest BCUT2D eigenvalue weighted by Crippen LogP contribution is 2.50. The lowest BCUT2D eigenvalue weighted by molar-refractivity contribution is 0.0735. The van der Waals surface area contributed by atoms with Crippen LogP contribution in [-0.4, -0.2) is 11.1 Å². The van der Waals surface area contributed by atoms with E-state index in [0.717, 1.165) is 11.1 Å². The van der Waals surface area contributed by atoms with E-state index >= 15 is 0 Å². The molecule has 0 fully saturated rings. The van der Waals surface area contributed by atoms with Crippen molar-refractivity contribution in [1.29, 1.82) is 0 Å². The molecule has 0 radical (unpaired) electrons. The molecule has 0 saturated heterocycles. The van der Waals surface area contributed by atoms with E-state index in [-0.39, 0.29) is 22.1 Å². The Kier molecular flexibility index (Phi) is 4.67. The zero-order valence-corrected chi connectivity index (χ0v) is 16.6. The van der Waals surface area contributed by atoms with Crippen LogP contribution in [0.5, 0.6) is 23.0 Å². The van der Waals surface area contributed by atoms with Gasteiger partial charge < -0.3 is 14.6 Å². The maximum absolute atomic E-state index is 12.8. The molecule has 2 aromatic carbocycles. The van der Waals surface area contributed by atoms with Crippen LogP contribution in [0, 0.1) is 20.8 Å². The molecule has 0 atom stereocenters. The zero-order valence-electron chi connectivity index (χ0n) is 15.1. The summed E-state index contributed by atoms with van der Waals surface area (Å²) < 4.78 is 11.7. The standard InChI is InChI=1S/C20H18Cl2O4/c1-6-8(2)14-17(22)9(3)10(4)18-19(14)25-13-7-12(23)16(21)11(5)15(13)20(24)26-18/h6-7,23H,1-5H3/b8-6-. The van der Waals surface area contributed by atoms with E-state index in [2.05, 4.69) is 0 Å². The van der Waals surface area contributed by atoms with E-state index in [4.69, 9.17) is 32.7 Å². The number of hydrogen-bond donors (Lipinski definition) is 1. The summed E-state index contributed by atoms with van der Waals surface area (Å²) in [6, 6.07) is 1.32. The van der Waals surface area contributed by atoms with Crippen molar-refractivity contribution in [2.45, 2.75) is 34.6 Å². The highest BCUT2D eigenvalue weighted by Gasteiger charge is 2.32. The quantitative estimate of drug-likeness (QED) is 0.452. The van der Waals surface area contributed by atoms with E-state index in [0.29, 0.717) is 33.2 Å². The molecular weight excluding hydrogens is 375 g/mol. The Labute approximate surface area is 162 Å². The summed E-state index contributed by atoms with van der Waals surface area (Å²) in [5, 5.41) is 10.7. The summed E-state index contributed by atoms with van der Waals surface area (Å²) in [6.07, 6.45) is 1.90. The van der Waals surface area contributed by atoms with Crippen molar-refractivity contribution >= 4 is 34.7 Å². The van der Waals surface area contributed by atoms with Crippen molar-refractivity contribution in [2.24, 2.45) is 0 Å². The highest BCUT2D eigenvalue weighted by molar-refractivity contribution is 6.34. The third kappa shape index (κ3) is 2.65. The molecule has 136 valence electrons. The molecule has 0 aliphatic carbocycles. The summed E-state index contributed by atoms with van der Waals surface area (Å²) in [7, 11) is 0. The van der Waals surface area contributed by atoms with Crippen LogP contribution >= 0.6 is 23.2 Å². The van der Waals surface area contributed by atoms with Crippen LogP contribution in [0.1, 0.15) is 46.5 Å². The average molecular weight is 393 g/mol. The molecule has 6 heteroatoms. The van der Waals surface area contributed by atoms with E-state index in [9.17, 15) is 9.90 Å². The van der Waals surface area contributed by atoms with Crippen molar-refractivity contribution in [2.75, 3.05) is 0 Å². The van der Waals surface area contributed by atoms with Crippen LogP contribution in [0.3, 0.4) is 0 Å². The molecule has 4 nitrogen and oxygen atoms in total. The number of carbonyl (C=O) groups is 1. The van der Waals surface area contributed by atoms with E-state index < -0.39 is 5.97 Å². The van der Waals surface area contributed by atoms with Gasteiger partial charge in [-0.15, -0.1) is 0 Å². The molecule has 1 aliphatic heterocycles. The average Bonchev–Trinajstić information content (AvgIpc) is 2.74. The Morgan fingerprint density at radius 3 is 2.31 bits per heavy atom. The third-order valence-electron chi connectivity index (χ3n) is 4.77. The molecule has 26 heavy (non-hydrogen) atoms. The minimum atomic E-state index is -0.591. The molecule has 0 saturated carbocycles. The minimum Gasteiger partial charge on any atom is -0.506 e. The summed E-state index contributed by atoms with van der Waals surface area (Å²) in [6.45, 7) is 9.10. The highest BCUT2D eigenvalue weighted by atomic mass is 35.5. The molecule has 1 N–H and O–H groups in total. The van der Waals surface area contributed by atoms with Gasteiger partial charge >= 0.3 is 5.97 Å². The van der Waals surface area contributed by atoms with Gasteiger partial charge in [-0.05, 0) is 51.3 Å². The number of esters is 1. The number of hydrogen-bond acceptors (Lipinski definition) is 4. The van der Waals surface area contributed by atoms with Gasteiger partial charge in [-0.1, -0.05) is 29.3 Å². The van der Waals surface area contributed by atoms with Crippen molar-refractivity contribution < 1.29 is 19.4 Å². The van der Waals surface area contributed by atoms with Gasteiger partial charge in [0.25, 0.3) is 0 Å². The molecule has 0 bridgehead atoms. The third-order valence-corrected chi connectivity index (χ3v) is 5.72. The van der Waals surface area contributed by atoms with Crippen LogP contribution in [0.2, 0.25) is 10.0 Å². The second-order valence-electron chi connectivity index (χ2n) is 6.27. The number of ether oxygens (including phenoxy) is 2. The fourth-order valence-electron chi connectivity index (χ4n) is 2.96. The van der Waals surface area contributed by atoms with Gasteiger partial charge in [0.15, 0.2) is 11.5 Å². The molecule has 1 aliphatic rings. The molecule has 0 amide bonds. The van der Waals surface area contributed by atoms with Crippen molar-refractivity contribution in [1.82, 2.24) is 0 Å². The molecule has 0 unspecified atom stereocenters. The van der Waals surface area contributed by atoms with Crippen molar-refractivity contribution in [3.8, 4) is 23.0 Å². The van der Waals surface area contributed by atoms with Crippen LogP contribution in [-0.2, 0) is 0 Å². The number of halogens is 2. The second-order valence-corrected chi connectivity index (χ2v) is 7.02. The number of allylic oxidation sites excluding steroid dienone is 2. The van der Waals surface area contributed by atoms with Crippen LogP contribution in [0.4, 0.5) is 0 Å². The lowest BCUT2D eigenvalue weighted by atomic mass is 9.98. The Hall–Kier alpha value is -2.17. The molecule has 1 heterocycles. The van der Waals surface area contributed by atoms with E-state index in [1.807, 2.05) is 33.8 Å². The minimum absolute atomic E-state index is 0.0889. The Morgan fingerprint density at radius 2 is 1.69 bits per heavy atom. The number of aromatic hydroxyl groups is 1. The smallest absolute Gasteiger partial charge is 0.347 e. The van der Waals surface area contributed by atoms with Gasteiger partial charge in [-0.2, -0.15) is 0 Å². The molecule has 0 aromatic heterocycles. The Balaban J connectivity index is 2.40. The summed E-state index contributed by atoms with van der Waals surface area (Å²) in [5.74, 6) is 0.0873. The lowest BCUT2D eigenvalue weighted by Gasteiger charge is -2.19. The maximum Gasteiger partial charge on any atom is 0.347 e. The van der Waals surface area contributed by atoms with Gasteiger partial charge in [0.05, 0.1) is 10.0 Å². The first kappa shape index (κ1) is 18.6. The fraction of sp³-hybridized carbons (Fsp3) is 0.250. The topological polar surface area (TPSA) is 55.8 Å². The SMILES string of the molecule is C/C=C(/C)c1c(Cl)c(C)c(C)c2c1Oc1cc(O)c(Cl)c(C)c1C(=O)O2. The fourth-order valence-corrected chi connectivity index (χ4v) is 3.48. The van der Waals surface area contributed by atoms with Crippen molar-refractivity contribution in [3.05, 3.63) is 50.0 Å². The Bertz CT molecular complexity index is 991. The van der Waals surface area contributed by atoms with Crippen LogP contribution in [0.25, 0.3) is 5.57 Å². The summed E-state index contributed by atoms with van der Waals surface area (Å²) in [5.41, 5.74) is 3.63. The van der Waals surface area contributed by atoms with Crippen LogP contribution in [0.15, 0.2) is 12.1 Å². The monoisotopic (exact) mass is 392 g/mol. The van der Waals surface area contributed by atoms with Crippen molar-refractivity contribution in [3.63, 3.8) is 0 Å². The first-order valence-corrected chi connectivity index (χ1v) is 8.82.